The minimum atomic E-state index is -0.940. The predicted molar refractivity (Wildman–Crippen MR) is 76.9 cm³/mol. The molecule has 21 heavy (non-hydrogen) atoms. The van der Waals surface area contributed by atoms with Crippen LogP contribution in [0.15, 0.2) is 36.4 Å². The first-order valence-corrected chi connectivity index (χ1v) is 6.21. The van der Waals surface area contributed by atoms with Gasteiger partial charge in [0.15, 0.2) is 0 Å². The summed E-state index contributed by atoms with van der Waals surface area (Å²) in [4.78, 5) is 22.0. The van der Waals surface area contributed by atoms with E-state index in [0.29, 0.717) is 5.56 Å². The molecule has 108 valence electrons. The fourth-order valence-electron chi connectivity index (χ4n) is 2.00. The summed E-state index contributed by atoms with van der Waals surface area (Å²) in [5, 5.41) is 13.2. The van der Waals surface area contributed by atoms with Crippen LogP contribution >= 0.6 is 0 Å². The Bertz CT molecular complexity index is 729. The molecule has 0 saturated heterocycles. The van der Waals surface area contributed by atoms with E-state index in [1.165, 1.54) is 6.07 Å². The molecule has 2 aromatic carbocycles. The normalized spacial score (nSPS) is 10.2. The fourth-order valence-corrected chi connectivity index (χ4v) is 2.00. The molecule has 0 aliphatic heterocycles. The van der Waals surface area contributed by atoms with Gasteiger partial charge in [-0.25, -0.2) is 0 Å². The number of hydrogen-bond donors (Lipinski definition) is 1. The van der Waals surface area contributed by atoms with Gasteiger partial charge in [-0.1, -0.05) is 17.7 Å². The van der Waals surface area contributed by atoms with Crippen molar-refractivity contribution in [2.24, 2.45) is 0 Å². The second-order valence-corrected chi connectivity index (χ2v) is 4.70. The number of carbonyl (C=O) groups excluding carboxylic acids is 1. The summed E-state index contributed by atoms with van der Waals surface area (Å²) in [5.74, 6) is -1.34. The van der Waals surface area contributed by atoms with Gasteiger partial charge in [0, 0.05) is 17.3 Å². The maximum atomic E-state index is 13.2. The van der Waals surface area contributed by atoms with Crippen LogP contribution in [0.2, 0.25) is 0 Å². The van der Waals surface area contributed by atoms with E-state index in [4.69, 9.17) is 0 Å². The number of nitro benzene ring substituents is 1. The van der Waals surface area contributed by atoms with Crippen LogP contribution in [0.1, 0.15) is 21.5 Å². The van der Waals surface area contributed by atoms with Crippen molar-refractivity contribution < 1.29 is 14.1 Å². The molecule has 0 spiro atoms. The first kappa shape index (κ1) is 14.6. The number of amides is 1. The number of nitrogens with one attached hydrogen (secondary N) is 1. The van der Waals surface area contributed by atoms with Crippen LogP contribution in [0.5, 0.6) is 0 Å². The van der Waals surface area contributed by atoms with Crippen LogP contribution in [-0.2, 0) is 0 Å². The molecule has 0 aliphatic carbocycles. The quantitative estimate of drug-likeness (QED) is 0.692. The van der Waals surface area contributed by atoms with Crippen LogP contribution in [0.4, 0.5) is 15.8 Å². The van der Waals surface area contributed by atoms with Crippen molar-refractivity contribution in [3.05, 3.63) is 69.0 Å². The molecule has 0 fully saturated rings. The molecule has 0 aliphatic rings. The zero-order valence-electron chi connectivity index (χ0n) is 11.5. The molecule has 2 rings (SSSR count). The summed E-state index contributed by atoms with van der Waals surface area (Å²) in [5.41, 5.74) is 1.79. The second-order valence-electron chi connectivity index (χ2n) is 4.70. The Hall–Kier alpha value is -2.76. The predicted octanol–water partition coefficient (Wildman–Crippen LogP) is 3.60. The number of rotatable bonds is 3. The zero-order chi connectivity index (χ0) is 15.6. The van der Waals surface area contributed by atoms with E-state index < -0.39 is 22.3 Å². The summed E-state index contributed by atoms with van der Waals surface area (Å²) in [6, 6.07) is 8.57. The van der Waals surface area contributed by atoms with Gasteiger partial charge in [-0.3, -0.25) is 14.9 Å². The third-order valence-corrected chi connectivity index (χ3v) is 3.03. The van der Waals surface area contributed by atoms with Crippen molar-refractivity contribution in [2.75, 3.05) is 5.32 Å². The number of anilines is 1. The highest BCUT2D eigenvalue weighted by Gasteiger charge is 2.16. The summed E-state index contributed by atoms with van der Waals surface area (Å²) >= 11 is 0. The van der Waals surface area contributed by atoms with E-state index in [1.807, 2.05) is 13.0 Å². The molecular weight excluding hydrogens is 275 g/mol. The van der Waals surface area contributed by atoms with Gasteiger partial charge in [0.2, 0.25) is 5.82 Å². The average molecular weight is 288 g/mol. The molecule has 0 aromatic heterocycles. The molecule has 0 atom stereocenters. The Balaban J connectivity index is 2.27. The van der Waals surface area contributed by atoms with E-state index in [9.17, 15) is 19.3 Å². The van der Waals surface area contributed by atoms with Gasteiger partial charge in [0.1, 0.15) is 0 Å². The van der Waals surface area contributed by atoms with Gasteiger partial charge in [0.05, 0.1) is 4.92 Å². The van der Waals surface area contributed by atoms with Gasteiger partial charge >= 0.3 is 5.69 Å². The van der Waals surface area contributed by atoms with Crippen molar-refractivity contribution in [1.29, 1.82) is 0 Å². The number of carbonyl (C=O) groups is 1. The SMILES string of the molecule is Cc1ccc(C(=O)Nc2ccc(F)c([N+](=O)[O-])c2)c(C)c1. The second kappa shape index (κ2) is 5.70. The number of aryl methyl sites for hydroxylation is 2. The van der Waals surface area contributed by atoms with Crippen LogP contribution in [0.25, 0.3) is 0 Å². The molecule has 0 radical (unpaired) electrons. The topological polar surface area (TPSA) is 72.2 Å². The lowest BCUT2D eigenvalue weighted by molar-refractivity contribution is -0.387. The van der Waals surface area contributed by atoms with Crippen LogP contribution in [0, 0.1) is 29.8 Å². The van der Waals surface area contributed by atoms with Crippen molar-refractivity contribution in [2.45, 2.75) is 13.8 Å². The van der Waals surface area contributed by atoms with Gasteiger partial charge in [-0.15, -0.1) is 0 Å². The van der Waals surface area contributed by atoms with Gasteiger partial charge < -0.3 is 5.32 Å². The number of benzene rings is 2. The summed E-state index contributed by atoms with van der Waals surface area (Å²) in [7, 11) is 0. The molecule has 5 nitrogen and oxygen atoms in total. The van der Waals surface area contributed by atoms with Crippen LogP contribution in [-0.4, -0.2) is 10.8 Å². The van der Waals surface area contributed by atoms with Crippen molar-refractivity contribution in [1.82, 2.24) is 0 Å². The largest absolute Gasteiger partial charge is 0.322 e. The average Bonchev–Trinajstić information content (AvgIpc) is 2.40. The first-order chi connectivity index (χ1) is 9.88. The first-order valence-electron chi connectivity index (χ1n) is 6.21. The van der Waals surface area contributed by atoms with E-state index in [0.717, 1.165) is 23.3 Å². The minimum Gasteiger partial charge on any atom is -0.322 e. The monoisotopic (exact) mass is 288 g/mol. The molecule has 2 aromatic rings. The van der Waals surface area contributed by atoms with Gasteiger partial charge in [-0.2, -0.15) is 4.39 Å². The van der Waals surface area contributed by atoms with Crippen LogP contribution < -0.4 is 5.32 Å². The smallest absolute Gasteiger partial charge is 0.306 e. The van der Waals surface area contributed by atoms with Crippen molar-refractivity contribution in [3.8, 4) is 0 Å². The third kappa shape index (κ3) is 3.22. The van der Waals surface area contributed by atoms with Gasteiger partial charge in [-0.05, 0) is 37.6 Å². The fraction of sp³-hybridized carbons (Fsp3) is 0.133. The number of hydrogen-bond acceptors (Lipinski definition) is 3. The highest BCUT2D eigenvalue weighted by Crippen LogP contribution is 2.22. The molecule has 0 bridgehead atoms. The molecule has 6 heteroatoms. The van der Waals surface area contributed by atoms with Gasteiger partial charge in [0.25, 0.3) is 5.91 Å². The van der Waals surface area contributed by atoms with Crippen molar-refractivity contribution in [3.63, 3.8) is 0 Å². The third-order valence-electron chi connectivity index (χ3n) is 3.03. The van der Waals surface area contributed by atoms with Crippen molar-refractivity contribution >= 4 is 17.3 Å². The van der Waals surface area contributed by atoms with E-state index in [-0.39, 0.29) is 5.69 Å². The molecular formula is C15H13FN2O3. The number of nitrogens with zero attached hydrogens (tertiary/aromatic N) is 1. The lowest BCUT2D eigenvalue weighted by atomic mass is 10.1. The van der Waals surface area contributed by atoms with E-state index in [1.54, 1.807) is 19.1 Å². The lowest BCUT2D eigenvalue weighted by Gasteiger charge is -2.08. The lowest BCUT2D eigenvalue weighted by Crippen LogP contribution is -2.13. The maximum absolute atomic E-state index is 13.2. The Kier molecular flexibility index (Phi) is 3.98. The summed E-state index contributed by atoms with van der Waals surface area (Å²) in [6.45, 7) is 3.72. The summed E-state index contributed by atoms with van der Waals surface area (Å²) in [6.07, 6.45) is 0. The standard InChI is InChI=1S/C15H13FN2O3/c1-9-3-5-12(10(2)7-9)15(19)17-11-4-6-13(16)14(8-11)18(20)21/h3-8H,1-2H3,(H,17,19). The Morgan fingerprint density at radius 3 is 2.52 bits per heavy atom. The molecule has 1 amide bonds. The molecule has 0 unspecified atom stereocenters. The molecule has 0 heterocycles. The number of nitro groups is 1. The van der Waals surface area contributed by atoms with E-state index in [2.05, 4.69) is 5.32 Å². The molecule has 1 N–H and O–H groups in total. The Morgan fingerprint density at radius 1 is 1.19 bits per heavy atom. The summed E-state index contributed by atoms with van der Waals surface area (Å²) < 4.78 is 13.2. The Labute approximate surface area is 120 Å². The molecule has 0 saturated carbocycles. The zero-order valence-corrected chi connectivity index (χ0v) is 11.5. The highest BCUT2D eigenvalue weighted by atomic mass is 19.1. The van der Waals surface area contributed by atoms with E-state index >= 15 is 0 Å². The van der Waals surface area contributed by atoms with Crippen LogP contribution in [0.3, 0.4) is 0 Å². The maximum Gasteiger partial charge on any atom is 0.306 e. The highest BCUT2D eigenvalue weighted by molar-refractivity contribution is 6.05. The Morgan fingerprint density at radius 2 is 1.90 bits per heavy atom. The minimum absolute atomic E-state index is 0.174. The number of halogens is 1.